The van der Waals surface area contributed by atoms with Gasteiger partial charge in [-0.05, 0) is 6.42 Å². The highest BCUT2D eigenvalue weighted by atomic mass is 32.2. The van der Waals surface area contributed by atoms with Crippen LogP contribution in [0.25, 0.3) is 0 Å². The molecule has 6 heteroatoms. The van der Waals surface area contributed by atoms with E-state index >= 15 is 0 Å². The van der Waals surface area contributed by atoms with Crippen molar-refractivity contribution in [2.75, 3.05) is 31.8 Å². The van der Waals surface area contributed by atoms with E-state index in [2.05, 4.69) is 5.32 Å². The molecule has 0 aliphatic carbocycles. The maximum Gasteiger partial charge on any atom is 0.148 e. The lowest BCUT2D eigenvalue weighted by atomic mass is 9.96. The summed E-state index contributed by atoms with van der Waals surface area (Å²) in [4.78, 5) is 0. The highest BCUT2D eigenvalue weighted by molar-refractivity contribution is 7.90. The molecule has 0 aromatic rings. The molecule has 3 N–H and O–H groups in total. The van der Waals surface area contributed by atoms with Gasteiger partial charge in [0.05, 0.1) is 24.5 Å². The Balaban J connectivity index is 4.18. The molecule has 0 aromatic heterocycles. The summed E-state index contributed by atoms with van der Waals surface area (Å²) in [5.41, 5.74) is -0.751. The van der Waals surface area contributed by atoms with Crippen LogP contribution in [-0.2, 0) is 9.84 Å². The van der Waals surface area contributed by atoms with E-state index < -0.39 is 15.4 Å². The minimum atomic E-state index is -3.00. The van der Waals surface area contributed by atoms with Crippen LogP contribution >= 0.6 is 0 Å². The Labute approximate surface area is 91.4 Å². The van der Waals surface area contributed by atoms with Crippen molar-refractivity contribution in [3.8, 4) is 0 Å². The monoisotopic (exact) mass is 239 g/mol. The maximum atomic E-state index is 10.9. The molecule has 0 saturated heterocycles. The fourth-order valence-electron chi connectivity index (χ4n) is 1.39. The van der Waals surface area contributed by atoms with Crippen molar-refractivity contribution in [2.24, 2.45) is 0 Å². The fraction of sp³-hybridized carbons (Fsp3) is 1.00. The van der Waals surface area contributed by atoms with Crippen LogP contribution < -0.4 is 5.32 Å². The summed E-state index contributed by atoms with van der Waals surface area (Å²) in [7, 11) is -3.00. The Bertz CT molecular complexity index is 259. The Morgan fingerprint density at radius 1 is 1.27 bits per heavy atom. The van der Waals surface area contributed by atoms with E-state index in [0.29, 0.717) is 6.42 Å². The molecule has 0 rings (SSSR count). The van der Waals surface area contributed by atoms with Gasteiger partial charge in [-0.15, -0.1) is 0 Å². The van der Waals surface area contributed by atoms with Crippen LogP contribution in [0.5, 0.6) is 0 Å². The second-order valence-electron chi connectivity index (χ2n) is 3.90. The largest absolute Gasteiger partial charge is 0.394 e. The number of nitrogens with one attached hydrogen (secondary N) is 1. The van der Waals surface area contributed by atoms with Crippen LogP contribution in [0.3, 0.4) is 0 Å². The third kappa shape index (κ3) is 6.09. The Morgan fingerprint density at radius 2 is 1.80 bits per heavy atom. The van der Waals surface area contributed by atoms with Crippen molar-refractivity contribution in [2.45, 2.75) is 25.3 Å². The number of hydrogen-bond donors (Lipinski definition) is 3. The van der Waals surface area contributed by atoms with Crippen molar-refractivity contribution in [1.29, 1.82) is 0 Å². The summed E-state index contributed by atoms with van der Waals surface area (Å²) in [5, 5.41) is 21.2. The van der Waals surface area contributed by atoms with Crippen molar-refractivity contribution in [1.82, 2.24) is 5.32 Å². The Hall–Kier alpha value is -0.170. The topological polar surface area (TPSA) is 86.6 Å². The van der Waals surface area contributed by atoms with Crippen molar-refractivity contribution in [3.05, 3.63) is 0 Å². The fourth-order valence-corrected chi connectivity index (χ4v) is 1.86. The molecule has 0 unspecified atom stereocenters. The highest BCUT2D eigenvalue weighted by Gasteiger charge is 2.26. The molecule has 0 heterocycles. The number of rotatable bonds is 8. The molecule has 5 nitrogen and oxygen atoms in total. The molecule has 0 amide bonds. The lowest BCUT2D eigenvalue weighted by Gasteiger charge is -2.30. The highest BCUT2D eigenvalue weighted by Crippen LogP contribution is 2.11. The number of sulfone groups is 1. The molecular weight excluding hydrogens is 218 g/mol. The molecule has 15 heavy (non-hydrogen) atoms. The maximum absolute atomic E-state index is 10.9. The van der Waals surface area contributed by atoms with Crippen molar-refractivity contribution >= 4 is 9.84 Å². The van der Waals surface area contributed by atoms with Crippen LogP contribution in [0.1, 0.15) is 19.8 Å². The first kappa shape index (κ1) is 14.8. The normalized spacial score (nSPS) is 13.1. The lowest BCUT2D eigenvalue weighted by molar-refractivity contribution is 0.0851. The minimum absolute atomic E-state index is 0.0124. The molecule has 0 atom stereocenters. The third-order valence-electron chi connectivity index (χ3n) is 2.31. The van der Waals surface area contributed by atoms with Gasteiger partial charge in [-0.1, -0.05) is 13.3 Å². The Kier molecular flexibility index (Phi) is 6.35. The van der Waals surface area contributed by atoms with Gasteiger partial charge in [-0.25, -0.2) is 8.42 Å². The van der Waals surface area contributed by atoms with Crippen LogP contribution in [0, 0.1) is 0 Å². The third-order valence-corrected chi connectivity index (χ3v) is 3.25. The van der Waals surface area contributed by atoms with Crippen LogP contribution in [0.2, 0.25) is 0 Å². The molecule has 0 radical (unpaired) electrons. The SMILES string of the molecule is CCCC(CO)(CO)NCCS(C)(=O)=O. The molecule has 0 aliphatic heterocycles. The molecule has 0 spiro atoms. The van der Waals surface area contributed by atoms with Crippen LogP contribution in [0.4, 0.5) is 0 Å². The van der Waals surface area contributed by atoms with E-state index in [4.69, 9.17) is 10.2 Å². The molecule has 0 aromatic carbocycles. The van der Waals surface area contributed by atoms with Gasteiger partial charge in [0.15, 0.2) is 0 Å². The van der Waals surface area contributed by atoms with Gasteiger partial charge in [0.2, 0.25) is 0 Å². The van der Waals surface area contributed by atoms with Gasteiger partial charge in [0.1, 0.15) is 9.84 Å². The standard InChI is InChI=1S/C9H21NO4S/c1-3-4-9(7-11,8-12)10-5-6-15(2,13)14/h10-12H,3-8H2,1-2H3. The van der Waals surface area contributed by atoms with E-state index in [-0.39, 0.29) is 25.5 Å². The predicted molar refractivity (Wildman–Crippen MR) is 59.5 cm³/mol. The quantitative estimate of drug-likeness (QED) is 0.513. The average molecular weight is 239 g/mol. The molecule has 0 bridgehead atoms. The van der Waals surface area contributed by atoms with Gasteiger partial charge in [0.25, 0.3) is 0 Å². The number of aliphatic hydroxyl groups is 2. The first-order chi connectivity index (χ1) is 6.89. The average Bonchev–Trinajstić information content (AvgIpc) is 2.14. The van der Waals surface area contributed by atoms with Gasteiger partial charge in [-0.2, -0.15) is 0 Å². The predicted octanol–water partition coefficient (Wildman–Crippen LogP) is -0.856. The van der Waals surface area contributed by atoms with Crippen molar-refractivity contribution < 1.29 is 18.6 Å². The van der Waals surface area contributed by atoms with Gasteiger partial charge >= 0.3 is 0 Å². The minimum Gasteiger partial charge on any atom is -0.394 e. The summed E-state index contributed by atoms with van der Waals surface area (Å²) in [5.74, 6) is 0.0124. The van der Waals surface area contributed by atoms with Crippen molar-refractivity contribution in [3.63, 3.8) is 0 Å². The summed E-state index contributed by atoms with van der Waals surface area (Å²) in [6, 6.07) is 0. The number of hydrogen-bond acceptors (Lipinski definition) is 5. The zero-order chi connectivity index (χ0) is 11.9. The molecular formula is C9H21NO4S. The summed E-state index contributed by atoms with van der Waals surface area (Å²) in [6.45, 7) is 1.81. The zero-order valence-electron chi connectivity index (χ0n) is 9.36. The summed E-state index contributed by atoms with van der Waals surface area (Å²) in [6.07, 6.45) is 2.59. The molecule has 92 valence electrons. The van der Waals surface area contributed by atoms with E-state index in [0.717, 1.165) is 12.7 Å². The van der Waals surface area contributed by atoms with Gasteiger partial charge < -0.3 is 15.5 Å². The first-order valence-corrected chi connectivity index (χ1v) is 7.09. The number of aliphatic hydroxyl groups excluding tert-OH is 2. The second kappa shape index (κ2) is 6.42. The van der Waals surface area contributed by atoms with Crippen LogP contribution in [-0.4, -0.2) is 55.9 Å². The summed E-state index contributed by atoms with van der Waals surface area (Å²) >= 11 is 0. The van der Waals surface area contributed by atoms with Crippen LogP contribution in [0.15, 0.2) is 0 Å². The smallest absolute Gasteiger partial charge is 0.148 e. The first-order valence-electron chi connectivity index (χ1n) is 5.03. The molecule has 0 aliphatic rings. The molecule has 0 saturated carbocycles. The van der Waals surface area contributed by atoms with E-state index in [1.165, 1.54) is 0 Å². The van der Waals surface area contributed by atoms with Gasteiger partial charge in [-0.3, -0.25) is 0 Å². The second-order valence-corrected chi connectivity index (χ2v) is 6.16. The molecule has 0 fully saturated rings. The zero-order valence-corrected chi connectivity index (χ0v) is 10.2. The van der Waals surface area contributed by atoms with Gasteiger partial charge in [0, 0.05) is 12.8 Å². The van der Waals surface area contributed by atoms with E-state index in [9.17, 15) is 8.42 Å². The Morgan fingerprint density at radius 3 is 2.13 bits per heavy atom. The summed E-state index contributed by atoms with van der Waals surface area (Å²) < 4.78 is 21.8. The van der Waals surface area contributed by atoms with E-state index in [1.807, 2.05) is 6.92 Å². The van der Waals surface area contributed by atoms with E-state index in [1.54, 1.807) is 0 Å². The lowest BCUT2D eigenvalue weighted by Crippen LogP contribution is -2.52.